The monoisotopic (exact) mass is 315 g/mol. The molecule has 0 saturated carbocycles. The third kappa shape index (κ3) is 3.26. The van der Waals surface area contributed by atoms with Crippen LogP contribution < -0.4 is 5.32 Å². The average Bonchev–Trinajstić information content (AvgIpc) is 2.81. The Labute approximate surface area is 123 Å². The number of amides is 1. The SMILES string of the molecule is CCn1nc(C)cc1C(=O)Nc1cc(C(F)(F)F)ccc1F. The molecule has 1 aromatic carbocycles. The molecule has 4 nitrogen and oxygen atoms in total. The van der Waals surface area contributed by atoms with E-state index in [2.05, 4.69) is 10.4 Å². The van der Waals surface area contributed by atoms with Crippen molar-refractivity contribution in [2.75, 3.05) is 5.32 Å². The van der Waals surface area contributed by atoms with Crippen molar-refractivity contribution in [3.05, 3.63) is 47.0 Å². The first kappa shape index (κ1) is 16.0. The fraction of sp³-hybridized carbons (Fsp3) is 0.286. The van der Waals surface area contributed by atoms with Crippen molar-refractivity contribution in [2.45, 2.75) is 26.6 Å². The van der Waals surface area contributed by atoms with Crippen LogP contribution in [-0.4, -0.2) is 15.7 Å². The summed E-state index contributed by atoms with van der Waals surface area (Å²) in [7, 11) is 0. The summed E-state index contributed by atoms with van der Waals surface area (Å²) >= 11 is 0. The number of anilines is 1. The van der Waals surface area contributed by atoms with E-state index in [0.29, 0.717) is 30.4 Å². The third-order valence-electron chi connectivity index (χ3n) is 2.98. The Morgan fingerprint density at radius 3 is 2.59 bits per heavy atom. The smallest absolute Gasteiger partial charge is 0.318 e. The van der Waals surface area contributed by atoms with Crippen LogP contribution in [0.2, 0.25) is 0 Å². The zero-order valence-corrected chi connectivity index (χ0v) is 11.8. The molecular weight excluding hydrogens is 302 g/mol. The van der Waals surface area contributed by atoms with E-state index in [1.54, 1.807) is 13.8 Å². The van der Waals surface area contributed by atoms with Crippen LogP contribution in [0.25, 0.3) is 0 Å². The lowest BCUT2D eigenvalue weighted by Gasteiger charge is -2.11. The van der Waals surface area contributed by atoms with Crippen molar-refractivity contribution < 1.29 is 22.4 Å². The largest absolute Gasteiger partial charge is 0.416 e. The summed E-state index contributed by atoms with van der Waals surface area (Å²) in [5.74, 6) is -1.67. The number of nitrogens with one attached hydrogen (secondary N) is 1. The van der Waals surface area contributed by atoms with Crippen LogP contribution >= 0.6 is 0 Å². The number of benzene rings is 1. The Balaban J connectivity index is 2.32. The molecule has 0 fully saturated rings. The maximum Gasteiger partial charge on any atom is 0.416 e. The molecule has 118 valence electrons. The molecule has 0 bridgehead atoms. The van der Waals surface area contributed by atoms with E-state index in [1.165, 1.54) is 10.7 Å². The van der Waals surface area contributed by atoms with Crippen molar-refractivity contribution in [2.24, 2.45) is 0 Å². The lowest BCUT2D eigenvalue weighted by atomic mass is 10.2. The fourth-order valence-corrected chi connectivity index (χ4v) is 1.95. The Morgan fingerprint density at radius 1 is 1.32 bits per heavy atom. The fourth-order valence-electron chi connectivity index (χ4n) is 1.95. The number of aromatic nitrogens is 2. The highest BCUT2D eigenvalue weighted by Gasteiger charge is 2.31. The van der Waals surface area contributed by atoms with Crippen molar-refractivity contribution in [1.29, 1.82) is 0 Å². The van der Waals surface area contributed by atoms with Crippen molar-refractivity contribution >= 4 is 11.6 Å². The van der Waals surface area contributed by atoms with Crippen LogP contribution in [-0.2, 0) is 12.7 Å². The van der Waals surface area contributed by atoms with Gasteiger partial charge in [0.25, 0.3) is 5.91 Å². The second-order valence-corrected chi connectivity index (χ2v) is 4.63. The Kier molecular flexibility index (Phi) is 4.20. The van der Waals surface area contributed by atoms with Crippen molar-refractivity contribution in [3.63, 3.8) is 0 Å². The first-order valence-electron chi connectivity index (χ1n) is 6.45. The van der Waals surface area contributed by atoms with Crippen LogP contribution in [0.5, 0.6) is 0 Å². The maximum atomic E-state index is 13.6. The summed E-state index contributed by atoms with van der Waals surface area (Å²) in [6.07, 6.45) is -4.62. The summed E-state index contributed by atoms with van der Waals surface area (Å²) in [5.41, 5.74) is -0.834. The quantitative estimate of drug-likeness (QED) is 0.879. The van der Waals surface area contributed by atoms with Crippen LogP contribution in [0.1, 0.15) is 28.7 Å². The molecule has 2 aromatic rings. The second kappa shape index (κ2) is 5.78. The Morgan fingerprint density at radius 2 is 2.00 bits per heavy atom. The summed E-state index contributed by atoms with van der Waals surface area (Å²) in [4.78, 5) is 12.1. The lowest BCUT2D eigenvalue weighted by Crippen LogP contribution is -2.18. The molecule has 0 unspecified atom stereocenters. The summed E-state index contributed by atoms with van der Waals surface area (Å²) in [5, 5.41) is 6.21. The minimum absolute atomic E-state index is 0.150. The standard InChI is InChI=1S/C14H13F4N3O/c1-3-21-12(6-8(2)20-21)13(22)19-11-7-9(14(16,17)18)4-5-10(11)15/h4-7H,3H2,1-2H3,(H,19,22). The highest BCUT2D eigenvalue weighted by molar-refractivity contribution is 6.03. The molecule has 1 heterocycles. The Bertz CT molecular complexity index is 707. The van der Waals surface area contributed by atoms with Crippen LogP contribution in [0.15, 0.2) is 24.3 Å². The number of rotatable bonds is 3. The van der Waals surface area contributed by atoms with E-state index in [-0.39, 0.29) is 5.69 Å². The third-order valence-corrected chi connectivity index (χ3v) is 2.98. The molecule has 1 amide bonds. The van der Waals surface area contributed by atoms with E-state index in [4.69, 9.17) is 0 Å². The second-order valence-electron chi connectivity index (χ2n) is 4.63. The van der Waals surface area contributed by atoms with Gasteiger partial charge in [-0.15, -0.1) is 0 Å². The van der Waals surface area contributed by atoms with Gasteiger partial charge >= 0.3 is 6.18 Å². The normalized spacial score (nSPS) is 11.5. The highest BCUT2D eigenvalue weighted by atomic mass is 19.4. The minimum atomic E-state index is -4.62. The van der Waals surface area contributed by atoms with Gasteiger partial charge in [-0.1, -0.05) is 0 Å². The molecule has 0 aliphatic carbocycles. The first-order valence-corrected chi connectivity index (χ1v) is 6.45. The zero-order valence-electron chi connectivity index (χ0n) is 11.8. The van der Waals surface area contributed by atoms with E-state index in [0.717, 1.165) is 0 Å². The molecule has 0 aliphatic rings. The van der Waals surface area contributed by atoms with Gasteiger partial charge in [0.05, 0.1) is 16.9 Å². The number of alkyl halides is 3. The molecule has 1 aromatic heterocycles. The molecule has 0 aliphatic heterocycles. The van der Waals surface area contributed by atoms with Crippen LogP contribution in [0, 0.1) is 12.7 Å². The summed E-state index contributed by atoms with van der Waals surface area (Å²) < 4.78 is 52.9. The molecule has 0 saturated heterocycles. The molecule has 2 rings (SSSR count). The van der Waals surface area contributed by atoms with Gasteiger partial charge in [0.1, 0.15) is 11.5 Å². The number of nitrogens with zero attached hydrogens (tertiary/aromatic N) is 2. The number of hydrogen-bond acceptors (Lipinski definition) is 2. The van der Waals surface area contributed by atoms with Gasteiger partial charge in [-0.3, -0.25) is 9.48 Å². The minimum Gasteiger partial charge on any atom is -0.318 e. The number of halogens is 4. The van der Waals surface area contributed by atoms with Gasteiger partial charge in [0, 0.05) is 6.54 Å². The van der Waals surface area contributed by atoms with E-state index < -0.39 is 29.2 Å². The van der Waals surface area contributed by atoms with Gasteiger partial charge in [-0.25, -0.2) is 4.39 Å². The summed E-state index contributed by atoms with van der Waals surface area (Å²) in [6, 6.07) is 3.32. The molecule has 0 atom stereocenters. The van der Waals surface area contributed by atoms with Gasteiger partial charge in [-0.05, 0) is 38.1 Å². The molecule has 8 heteroatoms. The predicted molar refractivity (Wildman–Crippen MR) is 72.0 cm³/mol. The summed E-state index contributed by atoms with van der Waals surface area (Å²) in [6.45, 7) is 3.84. The van der Waals surface area contributed by atoms with Gasteiger partial charge in [-0.2, -0.15) is 18.3 Å². The lowest BCUT2D eigenvalue weighted by molar-refractivity contribution is -0.137. The first-order chi connectivity index (χ1) is 10.2. The van der Waals surface area contributed by atoms with Crippen molar-refractivity contribution in [3.8, 4) is 0 Å². The number of hydrogen-bond donors (Lipinski definition) is 1. The topological polar surface area (TPSA) is 46.9 Å². The van der Waals surface area contributed by atoms with Crippen LogP contribution in [0.4, 0.5) is 23.2 Å². The van der Waals surface area contributed by atoms with Gasteiger partial charge in [0.15, 0.2) is 0 Å². The Hall–Kier alpha value is -2.38. The predicted octanol–water partition coefficient (Wildman–Crippen LogP) is 3.62. The highest BCUT2D eigenvalue weighted by Crippen LogP contribution is 2.31. The van der Waals surface area contributed by atoms with E-state index in [9.17, 15) is 22.4 Å². The average molecular weight is 315 g/mol. The zero-order chi connectivity index (χ0) is 16.5. The maximum absolute atomic E-state index is 13.6. The molecular formula is C14H13F4N3O. The van der Waals surface area contributed by atoms with Gasteiger partial charge in [0.2, 0.25) is 0 Å². The number of carbonyl (C=O) groups is 1. The molecule has 0 spiro atoms. The van der Waals surface area contributed by atoms with E-state index >= 15 is 0 Å². The van der Waals surface area contributed by atoms with E-state index in [1.807, 2.05) is 0 Å². The van der Waals surface area contributed by atoms with Crippen LogP contribution in [0.3, 0.4) is 0 Å². The number of aryl methyl sites for hydroxylation is 2. The molecule has 0 radical (unpaired) electrons. The molecule has 22 heavy (non-hydrogen) atoms. The molecule has 1 N–H and O–H groups in total. The van der Waals surface area contributed by atoms with Crippen molar-refractivity contribution in [1.82, 2.24) is 9.78 Å². The van der Waals surface area contributed by atoms with Gasteiger partial charge < -0.3 is 5.32 Å². The number of carbonyl (C=O) groups excluding carboxylic acids is 1.